The molecule has 0 aromatic rings. The van der Waals surface area contributed by atoms with Crippen molar-refractivity contribution in [1.82, 2.24) is 0 Å². The van der Waals surface area contributed by atoms with Crippen molar-refractivity contribution in [2.24, 2.45) is 5.92 Å². The molecule has 0 saturated carbocycles. The Morgan fingerprint density at radius 1 is 0.739 bits per heavy atom. The summed E-state index contributed by atoms with van der Waals surface area (Å²) < 4.78 is 0. The lowest BCUT2D eigenvalue weighted by molar-refractivity contribution is -0.311. The maximum absolute atomic E-state index is 10.9. The van der Waals surface area contributed by atoms with E-state index in [1.54, 1.807) is 0 Å². The Kier molecular flexibility index (Phi) is 18.0. The Labute approximate surface area is 150 Å². The fourth-order valence-electron chi connectivity index (χ4n) is 3.11. The van der Waals surface area contributed by atoms with Crippen LogP contribution in [-0.4, -0.2) is 11.7 Å². The molecule has 0 heterocycles. The SMILES string of the molecule is CCCCCCCCCCCCCCCCC(CC[S-])C(=O)[O-]. The van der Waals surface area contributed by atoms with Gasteiger partial charge in [0.15, 0.2) is 0 Å². The van der Waals surface area contributed by atoms with Crippen LogP contribution < -0.4 is 5.11 Å². The van der Waals surface area contributed by atoms with Crippen LogP contribution in [0, 0.1) is 5.92 Å². The van der Waals surface area contributed by atoms with Gasteiger partial charge in [-0.2, -0.15) is 5.75 Å². The summed E-state index contributed by atoms with van der Waals surface area (Å²) in [6.07, 6.45) is 19.9. The summed E-state index contributed by atoms with van der Waals surface area (Å²) in [7, 11) is 0. The van der Waals surface area contributed by atoms with Gasteiger partial charge in [0, 0.05) is 5.97 Å². The molecule has 0 amide bonds. The van der Waals surface area contributed by atoms with E-state index in [1.807, 2.05) is 0 Å². The average molecular weight is 343 g/mol. The van der Waals surface area contributed by atoms with E-state index in [4.69, 9.17) is 12.6 Å². The lowest BCUT2D eigenvalue weighted by atomic mass is 9.98. The topological polar surface area (TPSA) is 40.1 Å². The van der Waals surface area contributed by atoms with Gasteiger partial charge in [0.2, 0.25) is 0 Å². The van der Waals surface area contributed by atoms with Crippen molar-refractivity contribution in [2.45, 2.75) is 110 Å². The highest BCUT2D eigenvalue weighted by Crippen LogP contribution is 2.16. The van der Waals surface area contributed by atoms with Crippen molar-refractivity contribution in [3.05, 3.63) is 0 Å². The maximum atomic E-state index is 10.9. The van der Waals surface area contributed by atoms with E-state index in [2.05, 4.69) is 6.92 Å². The molecule has 0 aromatic heterocycles. The number of hydrogen-bond acceptors (Lipinski definition) is 3. The molecule has 3 heteroatoms. The number of rotatable bonds is 18. The zero-order valence-corrected chi connectivity index (χ0v) is 16.1. The van der Waals surface area contributed by atoms with Crippen LogP contribution in [0.15, 0.2) is 0 Å². The minimum Gasteiger partial charge on any atom is -0.793 e. The standard InChI is InChI=1S/C20H40O2S/c1-2-3-4-5-6-7-8-9-10-11-12-13-14-15-16-19(17-18-23)20(21)22/h19,23H,2-18H2,1H3,(H,21,22)/p-2. The molecule has 1 unspecified atom stereocenters. The molecule has 23 heavy (non-hydrogen) atoms. The van der Waals surface area contributed by atoms with E-state index >= 15 is 0 Å². The van der Waals surface area contributed by atoms with Crippen molar-refractivity contribution in [3.63, 3.8) is 0 Å². The van der Waals surface area contributed by atoms with E-state index in [9.17, 15) is 9.90 Å². The lowest BCUT2D eigenvalue weighted by Gasteiger charge is -2.19. The molecule has 0 spiro atoms. The van der Waals surface area contributed by atoms with Gasteiger partial charge >= 0.3 is 0 Å². The van der Waals surface area contributed by atoms with Gasteiger partial charge in [0.1, 0.15) is 0 Å². The normalized spacial score (nSPS) is 12.4. The third-order valence-corrected chi connectivity index (χ3v) is 4.94. The van der Waals surface area contributed by atoms with Crippen LogP contribution in [0.1, 0.15) is 110 Å². The summed E-state index contributed by atoms with van der Waals surface area (Å²) in [5, 5.41) is 10.9. The Morgan fingerprint density at radius 2 is 1.13 bits per heavy atom. The molecule has 0 N–H and O–H groups in total. The molecular formula is C20H38O2S-2. The highest BCUT2D eigenvalue weighted by Gasteiger charge is 2.06. The Bertz CT molecular complexity index is 256. The van der Waals surface area contributed by atoms with Gasteiger partial charge < -0.3 is 22.5 Å². The van der Waals surface area contributed by atoms with Crippen LogP contribution in [0.5, 0.6) is 0 Å². The average Bonchev–Trinajstić information content (AvgIpc) is 2.54. The van der Waals surface area contributed by atoms with Gasteiger partial charge in [-0.25, -0.2) is 0 Å². The van der Waals surface area contributed by atoms with Gasteiger partial charge in [-0.05, 0) is 12.3 Å². The minimum absolute atomic E-state index is 0.315. The number of unbranched alkanes of at least 4 members (excludes halogenated alkanes) is 13. The van der Waals surface area contributed by atoms with Crippen molar-refractivity contribution in [3.8, 4) is 0 Å². The van der Waals surface area contributed by atoms with E-state index in [0.717, 1.165) is 19.3 Å². The molecule has 0 bridgehead atoms. The molecule has 0 aliphatic heterocycles. The number of carbonyl (C=O) groups is 1. The van der Waals surface area contributed by atoms with Crippen molar-refractivity contribution in [1.29, 1.82) is 0 Å². The zero-order valence-electron chi connectivity index (χ0n) is 15.3. The molecule has 138 valence electrons. The van der Waals surface area contributed by atoms with E-state index < -0.39 is 5.97 Å². The van der Waals surface area contributed by atoms with Gasteiger partial charge in [0.25, 0.3) is 0 Å². The number of carbonyl (C=O) groups excluding carboxylic acids is 1. The van der Waals surface area contributed by atoms with Gasteiger partial charge in [-0.3, -0.25) is 0 Å². The highest BCUT2D eigenvalue weighted by atomic mass is 32.1. The summed E-state index contributed by atoms with van der Waals surface area (Å²) in [6.45, 7) is 2.27. The molecule has 2 nitrogen and oxygen atoms in total. The van der Waals surface area contributed by atoms with Crippen molar-refractivity contribution in [2.75, 3.05) is 5.75 Å². The summed E-state index contributed by atoms with van der Waals surface area (Å²) >= 11 is 4.86. The van der Waals surface area contributed by atoms with Gasteiger partial charge in [-0.1, -0.05) is 103 Å². The van der Waals surface area contributed by atoms with Crippen molar-refractivity contribution >= 4 is 18.6 Å². The third kappa shape index (κ3) is 16.5. The van der Waals surface area contributed by atoms with Crippen LogP contribution in [0.3, 0.4) is 0 Å². The fourth-order valence-corrected chi connectivity index (χ4v) is 3.39. The van der Waals surface area contributed by atoms with Gasteiger partial charge in [-0.15, -0.1) is 0 Å². The largest absolute Gasteiger partial charge is 0.793 e. The maximum Gasteiger partial charge on any atom is 0.0444 e. The zero-order chi connectivity index (χ0) is 17.2. The molecule has 0 aromatic carbocycles. The van der Waals surface area contributed by atoms with Crippen LogP contribution >= 0.6 is 0 Å². The van der Waals surface area contributed by atoms with Gasteiger partial charge in [0.05, 0.1) is 0 Å². The molecule has 0 saturated heterocycles. The van der Waals surface area contributed by atoms with Crippen LogP contribution in [-0.2, 0) is 17.4 Å². The predicted octanol–water partition coefficient (Wildman–Crippen LogP) is 5.16. The Morgan fingerprint density at radius 3 is 1.48 bits per heavy atom. The molecule has 0 fully saturated rings. The number of aliphatic carboxylic acids is 1. The van der Waals surface area contributed by atoms with Crippen LogP contribution in [0.2, 0.25) is 0 Å². The molecule has 0 radical (unpaired) electrons. The van der Waals surface area contributed by atoms with E-state index in [0.29, 0.717) is 12.2 Å². The Balaban J connectivity index is 3.20. The minimum atomic E-state index is -0.912. The third-order valence-electron chi connectivity index (χ3n) is 4.71. The molecular weight excluding hydrogens is 304 g/mol. The summed E-state index contributed by atoms with van der Waals surface area (Å²) in [5.74, 6) is -0.702. The first-order chi connectivity index (χ1) is 11.2. The van der Waals surface area contributed by atoms with E-state index in [-0.39, 0.29) is 5.92 Å². The second-order valence-electron chi connectivity index (χ2n) is 6.89. The quantitative estimate of drug-likeness (QED) is 0.255. The predicted molar refractivity (Wildman–Crippen MR) is 100 cm³/mol. The summed E-state index contributed by atoms with van der Waals surface area (Å²) in [4.78, 5) is 10.9. The number of carboxylic acid groups (broad SMARTS) is 1. The monoisotopic (exact) mass is 342 g/mol. The smallest absolute Gasteiger partial charge is 0.0444 e. The summed E-state index contributed by atoms with van der Waals surface area (Å²) in [6, 6.07) is 0. The van der Waals surface area contributed by atoms with Crippen molar-refractivity contribution < 1.29 is 9.90 Å². The first kappa shape index (κ1) is 22.8. The molecule has 0 aliphatic rings. The van der Waals surface area contributed by atoms with E-state index in [1.165, 1.54) is 77.0 Å². The lowest BCUT2D eigenvalue weighted by Crippen LogP contribution is -2.31. The number of carboxylic acids is 1. The first-order valence-corrected chi connectivity index (χ1v) is 10.6. The molecule has 1 atom stereocenters. The first-order valence-electron chi connectivity index (χ1n) is 10.0. The van der Waals surface area contributed by atoms with Crippen LogP contribution in [0.4, 0.5) is 0 Å². The fraction of sp³-hybridized carbons (Fsp3) is 0.950. The molecule has 0 aliphatic carbocycles. The Hall–Kier alpha value is -0.180. The van der Waals surface area contributed by atoms with Crippen LogP contribution in [0.25, 0.3) is 0 Å². The second kappa shape index (κ2) is 18.2. The number of hydrogen-bond donors (Lipinski definition) is 0. The molecule has 0 rings (SSSR count). The second-order valence-corrected chi connectivity index (χ2v) is 7.30. The summed E-state index contributed by atoms with van der Waals surface area (Å²) in [5.41, 5.74) is 0. The highest BCUT2D eigenvalue weighted by molar-refractivity contribution is 7.58.